The Morgan fingerprint density at radius 1 is 1.13 bits per heavy atom. The molecule has 0 radical (unpaired) electrons. The van der Waals surface area contributed by atoms with E-state index in [-0.39, 0.29) is 12.5 Å². The number of ether oxygens (including phenoxy) is 2. The zero-order chi connectivity index (χ0) is 21.9. The minimum atomic E-state index is -0.00366. The number of aryl methyl sites for hydroxylation is 1. The molecule has 158 valence electrons. The summed E-state index contributed by atoms with van der Waals surface area (Å²) in [6, 6.07) is 13.6. The van der Waals surface area contributed by atoms with Gasteiger partial charge in [0.1, 0.15) is 6.61 Å². The molecule has 0 aromatic heterocycles. The topological polar surface area (TPSA) is 63.2 Å². The first-order chi connectivity index (χ1) is 14.4. The van der Waals surface area contributed by atoms with Gasteiger partial charge in [0.25, 0.3) is 0 Å². The molecule has 2 aromatic rings. The maximum absolute atomic E-state index is 12.2. The second-order valence-electron chi connectivity index (χ2n) is 6.98. The zero-order valence-corrected chi connectivity index (χ0v) is 18.1. The molecule has 0 unspecified atom stereocenters. The fourth-order valence-electron chi connectivity index (χ4n) is 2.87. The molecule has 6 heteroatoms. The molecule has 0 fully saturated rings. The Morgan fingerprint density at radius 3 is 2.47 bits per heavy atom. The van der Waals surface area contributed by atoms with Gasteiger partial charge in [0, 0.05) is 27.1 Å². The summed E-state index contributed by atoms with van der Waals surface area (Å²) in [5.41, 5.74) is 4.04. The van der Waals surface area contributed by atoms with Gasteiger partial charge in [-0.25, -0.2) is 0 Å². The lowest BCUT2D eigenvalue weighted by atomic mass is 10.1. The Labute approximate surface area is 178 Å². The average Bonchev–Trinajstić information content (AvgIpc) is 2.74. The van der Waals surface area contributed by atoms with Gasteiger partial charge in [-0.3, -0.25) is 4.79 Å². The third kappa shape index (κ3) is 7.17. The lowest BCUT2D eigenvalue weighted by molar-refractivity contribution is -0.121. The standard InChI is InChI=1S/C24H29N3O3/c1-6-15-30-22-13-9-19(16-23(22)29-5)10-14-24(28)25-17-20-7-11-21(12-8-20)18(2)26-27(3)4/h1,7-9,11-13,16H,10,14-15,17H2,2-5H3,(H,25,28). The predicted octanol–water partition coefficient (Wildman–Crippen LogP) is 3.24. The summed E-state index contributed by atoms with van der Waals surface area (Å²) in [4.78, 5) is 12.2. The zero-order valence-electron chi connectivity index (χ0n) is 18.1. The van der Waals surface area contributed by atoms with Gasteiger partial charge in [-0.2, -0.15) is 5.10 Å². The molecule has 0 bridgehead atoms. The number of hydrazone groups is 1. The second-order valence-corrected chi connectivity index (χ2v) is 6.98. The highest BCUT2D eigenvalue weighted by molar-refractivity contribution is 5.98. The van der Waals surface area contributed by atoms with Crippen LogP contribution in [0.25, 0.3) is 0 Å². The van der Waals surface area contributed by atoms with E-state index in [0.29, 0.717) is 30.9 Å². The number of terminal acetylenes is 1. The quantitative estimate of drug-likeness (QED) is 0.373. The normalized spacial score (nSPS) is 10.8. The van der Waals surface area contributed by atoms with Gasteiger partial charge in [0.2, 0.25) is 5.91 Å². The molecule has 0 aliphatic rings. The first kappa shape index (κ1) is 22.8. The Morgan fingerprint density at radius 2 is 1.83 bits per heavy atom. The van der Waals surface area contributed by atoms with Gasteiger partial charge >= 0.3 is 0 Å². The number of nitrogens with zero attached hydrogens (tertiary/aromatic N) is 2. The van der Waals surface area contributed by atoms with Crippen molar-refractivity contribution in [2.75, 3.05) is 27.8 Å². The summed E-state index contributed by atoms with van der Waals surface area (Å²) in [6.45, 7) is 2.64. The molecule has 0 saturated carbocycles. The van der Waals surface area contributed by atoms with Crippen LogP contribution >= 0.6 is 0 Å². The van der Waals surface area contributed by atoms with E-state index in [0.717, 1.165) is 22.4 Å². The van der Waals surface area contributed by atoms with Gasteiger partial charge in [0.05, 0.1) is 12.8 Å². The lowest BCUT2D eigenvalue weighted by Gasteiger charge is -2.11. The molecule has 0 spiro atoms. The molecule has 0 atom stereocenters. The SMILES string of the molecule is C#CCOc1ccc(CCC(=O)NCc2ccc(C(C)=NN(C)C)cc2)cc1OC. The minimum Gasteiger partial charge on any atom is -0.493 e. The molecule has 1 N–H and O–H groups in total. The average molecular weight is 408 g/mol. The number of hydrogen-bond acceptors (Lipinski definition) is 5. The molecule has 2 aromatic carbocycles. The minimum absolute atomic E-state index is 0.00366. The maximum Gasteiger partial charge on any atom is 0.220 e. The largest absolute Gasteiger partial charge is 0.493 e. The maximum atomic E-state index is 12.2. The number of carbonyl (C=O) groups excluding carboxylic acids is 1. The number of methoxy groups -OCH3 is 1. The monoisotopic (exact) mass is 407 g/mol. The lowest BCUT2D eigenvalue weighted by Crippen LogP contribution is -2.23. The molecule has 0 saturated heterocycles. The first-order valence-electron chi connectivity index (χ1n) is 9.74. The van der Waals surface area contributed by atoms with Crippen molar-refractivity contribution in [2.45, 2.75) is 26.3 Å². The van der Waals surface area contributed by atoms with Gasteiger partial charge in [-0.1, -0.05) is 36.3 Å². The summed E-state index contributed by atoms with van der Waals surface area (Å²) in [7, 11) is 5.36. The van der Waals surface area contributed by atoms with E-state index < -0.39 is 0 Å². The first-order valence-corrected chi connectivity index (χ1v) is 9.74. The van der Waals surface area contributed by atoms with Gasteiger partial charge in [0.15, 0.2) is 11.5 Å². The van der Waals surface area contributed by atoms with Crippen molar-refractivity contribution in [3.05, 3.63) is 59.2 Å². The summed E-state index contributed by atoms with van der Waals surface area (Å²) in [6.07, 6.45) is 6.22. The van der Waals surface area contributed by atoms with Gasteiger partial charge in [-0.15, -0.1) is 6.42 Å². The second kappa shape index (κ2) is 11.5. The molecular weight excluding hydrogens is 378 g/mol. The molecule has 0 aliphatic carbocycles. The summed E-state index contributed by atoms with van der Waals surface area (Å²) in [5, 5.41) is 9.13. The fraction of sp³-hybridized carbons (Fsp3) is 0.333. The third-order valence-electron chi connectivity index (χ3n) is 4.39. The van der Waals surface area contributed by atoms with E-state index in [1.165, 1.54) is 0 Å². The van der Waals surface area contributed by atoms with E-state index in [4.69, 9.17) is 15.9 Å². The summed E-state index contributed by atoms with van der Waals surface area (Å²) < 4.78 is 10.8. The number of benzene rings is 2. The number of hydrogen-bond donors (Lipinski definition) is 1. The molecule has 30 heavy (non-hydrogen) atoms. The Kier molecular flexibility index (Phi) is 8.76. The summed E-state index contributed by atoms with van der Waals surface area (Å²) >= 11 is 0. The van der Waals surface area contributed by atoms with Crippen molar-refractivity contribution in [3.8, 4) is 23.8 Å². The van der Waals surface area contributed by atoms with Crippen molar-refractivity contribution in [1.29, 1.82) is 0 Å². The molecule has 6 nitrogen and oxygen atoms in total. The molecule has 0 heterocycles. The van der Waals surface area contributed by atoms with E-state index in [1.807, 2.05) is 63.5 Å². The fourth-order valence-corrected chi connectivity index (χ4v) is 2.87. The van der Waals surface area contributed by atoms with Crippen LogP contribution < -0.4 is 14.8 Å². The molecule has 2 rings (SSSR count). The van der Waals surface area contributed by atoms with Gasteiger partial charge in [-0.05, 0) is 42.2 Å². The van der Waals surface area contributed by atoms with Crippen molar-refractivity contribution in [3.63, 3.8) is 0 Å². The molecule has 1 amide bonds. The number of amides is 1. The van der Waals surface area contributed by atoms with Crippen LogP contribution in [0, 0.1) is 12.3 Å². The molecular formula is C24H29N3O3. The van der Waals surface area contributed by atoms with Crippen molar-refractivity contribution in [2.24, 2.45) is 5.10 Å². The Balaban J connectivity index is 1.84. The number of nitrogens with one attached hydrogen (secondary N) is 1. The summed E-state index contributed by atoms with van der Waals surface area (Å²) in [5.74, 6) is 3.63. The molecule has 0 aliphatic heterocycles. The highest BCUT2D eigenvalue weighted by Crippen LogP contribution is 2.28. The van der Waals surface area contributed by atoms with E-state index in [1.54, 1.807) is 12.1 Å². The van der Waals surface area contributed by atoms with Crippen LogP contribution in [0.15, 0.2) is 47.6 Å². The van der Waals surface area contributed by atoms with Gasteiger partial charge < -0.3 is 19.8 Å². The van der Waals surface area contributed by atoms with E-state index in [2.05, 4.69) is 16.3 Å². The van der Waals surface area contributed by atoms with Crippen LogP contribution in [-0.2, 0) is 17.8 Å². The predicted molar refractivity (Wildman–Crippen MR) is 120 cm³/mol. The highest BCUT2D eigenvalue weighted by Gasteiger charge is 2.08. The van der Waals surface area contributed by atoms with Crippen LogP contribution in [0.4, 0.5) is 0 Å². The van der Waals surface area contributed by atoms with E-state index in [9.17, 15) is 4.79 Å². The Bertz CT molecular complexity index is 912. The highest BCUT2D eigenvalue weighted by atomic mass is 16.5. The van der Waals surface area contributed by atoms with Crippen LogP contribution in [0.2, 0.25) is 0 Å². The van der Waals surface area contributed by atoms with Crippen LogP contribution in [0.1, 0.15) is 30.0 Å². The number of carbonyl (C=O) groups is 1. The van der Waals surface area contributed by atoms with E-state index >= 15 is 0 Å². The number of rotatable bonds is 10. The smallest absolute Gasteiger partial charge is 0.220 e. The van der Waals surface area contributed by atoms with Crippen LogP contribution in [-0.4, -0.2) is 44.4 Å². The third-order valence-corrected chi connectivity index (χ3v) is 4.39. The van der Waals surface area contributed by atoms with Crippen LogP contribution in [0.5, 0.6) is 11.5 Å². The Hall–Kier alpha value is -3.46. The van der Waals surface area contributed by atoms with Crippen molar-refractivity contribution >= 4 is 11.6 Å². The van der Waals surface area contributed by atoms with Crippen molar-refractivity contribution in [1.82, 2.24) is 10.3 Å². The van der Waals surface area contributed by atoms with Crippen LogP contribution in [0.3, 0.4) is 0 Å². The van der Waals surface area contributed by atoms with Crippen molar-refractivity contribution < 1.29 is 14.3 Å².